The molecule has 4 heteroatoms. The van der Waals surface area contributed by atoms with Crippen molar-refractivity contribution in [3.63, 3.8) is 0 Å². The summed E-state index contributed by atoms with van der Waals surface area (Å²) in [5, 5.41) is 0. The topological polar surface area (TPSA) is 18.8 Å². The maximum atomic E-state index is 4.62. The van der Waals surface area contributed by atoms with Crippen LogP contribution < -0.4 is 0 Å². The van der Waals surface area contributed by atoms with E-state index in [2.05, 4.69) is 66.1 Å². The van der Waals surface area contributed by atoms with Crippen LogP contribution in [0.5, 0.6) is 0 Å². The Balaban J connectivity index is 0.00000200. The van der Waals surface area contributed by atoms with Crippen molar-refractivity contribution < 1.29 is 0 Å². The molecular formula is C16H26IN3. The van der Waals surface area contributed by atoms with Gasteiger partial charge in [-0.25, -0.2) is 0 Å². The van der Waals surface area contributed by atoms with Gasteiger partial charge in [-0.2, -0.15) is 0 Å². The Bertz CT molecular complexity index is 417. The van der Waals surface area contributed by atoms with Gasteiger partial charge in [-0.3, -0.25) is 4.99 Å². The normalized spacial score (nSPS) is 18.9. The Labute approximate surface area is 140 Å². The summed E-state index contributed by atoms with van der Waals surface area (Å²) in [5.41, 5.74) is 1.45. The highest BCUT2D eigenvalue weighted by Crippen LogP contribution is 2.21. The van der Waals surface area contributed by atoms with Crippen LogP contribution in [0.1, 0.15) is 18.9 Å². The van der Waals surface area contributed by atoms with Crippen molar-refractivity contribution in [2.45, 2.75) is 19.8 Å². The van der Waals surface area contributed by atoms with E-state index in [0.717, 1.165) is 31.5 Å². The highest BCUT2D eigenvalue weighted by atomic mass is 127. The molecule has 0 aromatic heterocycles. The van der Waals surface area contributed by atoms with Crippen LogP contribution in [0.2, 0.25) is 0 Å². The first kappa shape index (κ1) is 17.3. The molecule has 0 N–H and O–H groups in total. The Hall–Kier alpha value is -0.780. The summed E-state index contributed by atoms with van der Waals surface area (Å²) >= 11 is 0. The highest BCUT2D eigenvalue weighted by Gasteiger charge is 2.25. The van der Waals surface area contributed by atoms with Gasteiger partial charge >= 0.3 is 0 Å². The minimum Gasteiger partial charge on any atom is -0.349 e. The average molecular weight is 387 g/mol. The van der Waals surface area contributed by atoms with Crippen molar-refractivity contribution in [3.05, 3.63) is 35.9 Å². The molecule has 3 nitrogen and oxygen atoms in total. The molecule has 0 bridgehead atoms. The number of guanidine groups is 1. The zero-order chi connectivity index (χ0) is 13.7. The largest absolute Gasteiger partial charge is 0.349 e. The van der Waals surface area contributed by atoms with Crippen LogP contribution in [0.4, 0.5) is 0 Å². The zero-order valence-electron chi connectivity index (χ0n) is 12.7. The molecule has 2 rings (SSSR count). The number of halogens is 1. The van der Waals surface area contributed by atoms with E-state index in [1.165, 1.54) is 18.4 Å². The SMILES string of the molecule is CCN=C(N(C)C)N1CCC(Cc2ccccc2)C1.I. The Morgan fingerprint density at radius 2 is 2.00 bits per heavy atom. The third-order valence-corrected chi connectivity index (χ3v) is 3.64. The Kier molecular flexibility index (Phi) is 7.34. The van der Waals surface area contributed by atoms with Crippen molar-refractivity contribution in [1.82, 2.24) is 9.80 Å². The lowest BCUT2D eigenvalue weighted by Gasteiger charge is -2.26. The van der Waals surface area contributed by atoms with Crippen LogP contribution in [-0.2, 0) is 6.42 Å². The first-order chi connectivity index (χ1) is 9.20. The second kappa shape index (κ2) is 8.49. The summed E-state index contributed by atoms with van der Waals surface area (Å²) in [6.07, 6.45) is 2.45. The summed E-state index contributed by atoms with van der Waals surface area (Å²) in [4.78, 5) is 9.18. The van der Waals surface area contributed by atoms with Gasteiger partial charge in [0.25, 0.3) is 0 Å². The van der Waals surface area contributed by atoms with E-state index in [1.54, 1.807) is 0 Å². The molecule has 0 radical (unpaired) electrons. The van der Waals surface area contributed by atoms with Crippen LogP contribution in [0.25, 0.3) is 0 Å². The molecule has 1 fully saturated rings. The van der Waals surface area contributed by atoms with Gasteiger partial charge in [-0.05, 0) is 31.2 Å². The number of benzene rings is 1. The van der Waals surface area contributed by atoms with Crippen molar-refractivity contribution in [1.29, 1.82) is 0 Å². The van der Waals surface area contributed by atoms with Gasteiger partial charge in [0, 0.05) is 33.7 Å². The summed E-state index contributed by atoms with van der Waals surface area (Å²) in [5.74, 6) is 1.89. The van der Waals surface area contributed by atoms with Gasteiger partial charge in [-0.15, -0.1) is 24.0 Å². The molecule has 0 spiro atoms. The molecular weight excluding hydrogens is 361 g/mol. The molecule has 1 aliphatic rings. The van der Waals surface area contributed by atoms with E-state index in [-0.39, 0.29) is 24.0 Å². The first-order valence-electron chi connectivity index (χ1n) is 7.21. The number of hydrogen-bond donors (Lipinski definition) is 0. The average Bonchev–Trinajstić information content (AvgIpc) is 2.85. The number of nitrogens with zero attached hydrogens (tertiary/aromatic N) is 3. The predicted molar refractivity (Wildman–Crippen MR) is 96.9 cm³/mol. The molecule has 1 unspecified atom stereocenters. The third-order valence-electron chi connectivity index (χ3n) is 3.64. The molecule has 1 saturated heterocycles. The summed E-state index contributed by atoms with van der Waals surface area (Å²) in [6, 6.07) is 10.8. The number of rotatable bonds is 3. The smallest absolute Gasteiger partial charge is 0.196 e. The lowest BCUT2D eigenvalue weighted by molar-refractivity contribution is 0.410. The molecule has 0 saturated carbocycles. The van der Waals surface area contributed by atoms with Crippen LogP contribution in [0.15, 0.2) is 35.3 Å². The lowest BCUT2D eigenvalue weighted by atomic mass is 9.99. The van der Waals surface area contributed by atoms with Crippen LogP contribution >= 0.6 is 24.0 Å². The second-order valence-corrected chi connectivity index (χ2v) is 5.46. The van der Waals surface area contributed by atoms with Gasteiger partial charge in [0.05, 0.1) is 0 Å². The van der Waals surface area contributed by atoms with Crippen LogP contribution in [0.3, 0.4) is 0 Å². The van der Waals surface area contributed by atoms with E-state index >= 15 is 0 Å². The predicted octanol–water partition coefficient (Wildman–Crippen LogP) is 3.11. The van der Waals surface area contributed by atoms with Gasteiger partial charge in [0.15, 0.2) is 5.96 Å². The van der Waals surface area contributed by atoms with Gasteiger partial charge in [-0.1, -0.05) is 30.3 Å². The number of hydrogen-bond acceptors (Lipinski definition) is 1. The Morgan fingerprint density at radius 1 is 1.30 bits per heavy atom. The molecule has 1 aromatic rings. The quantitative estimate of drug-likeness (QED) is 0.451. The monoisotopic (exact) mass is 387 g/mol. The van der Waals surface area contributed by atoms with Crippen molar-refractivity contribution in [3.8, 4) is 0 Å². The van der Waals surface area contributed by atoms with E-state index in [1.807, 2.05) is 0 Å². The fraction of sp³-hybridized carbons (Fsp3) is 0.562. The highest BCUT2D eigenvalue weighted by molar-refractivity contribution is 14.0. The van der Waals surface area contributed by atoms with E-state index < -0.39 is 0 Å². The Morgan fingerprint density at radius 3 is 2.60 bits per heavy atom. The van der Waals surface area contributed by atoms with Crippen molar-refractivity contribution in [2.75, 3.05) is 33.7 Å². The molecule has 0 amide bonds. The van der Waals surface area contributed by atoms with Gasteiger partial charge in [0.2, 0.25) is 0 Å². The van der Waals surface area contributed by atoms with Gasteiger partial charge < -0.3 is 9.80 Å². The number of likely N-dealkylation sites (tertiary alicyclic amines) is 1. The number of aliphatic imine (C=N–C) groups is 1. The van der Waals surface area contributed by atoms with Gasteiger partial charge in [0.1, 0.15) is 0 Å². The van der Waals surface area contributed by atoms with Crippen LogP contribution in [0, 0.1) is 5.92 Å². The summed E-state index contributed by atoms with van der Waals surface area (Å²) in [7, 11) is 4.16. The molecule has 1 atom stereocenters. The fourth-order valence-electron chi connectivity index (χ4n) is 2.79. The minimum atomic E-state index is 0. The maximum Gasteiger partial charge on any atom is 0.196 e. The van der Waals surface area contributed by atoms with E-state index in [4.69, 9.17) is 0 Å². The standard InChI is InChI=1S/C16H25N3.HI/c1-4-17-16(18(2)3)19-11-10-15(13-19)12-14-8-6-5-7-9-14;/h5-9,15H,4,10-13H2,1-3H3;1H. The molecule has 1 aliphatic heterocycles. The molecule has 112 valence electrons. The van der Waals surface area contributed by atoms with E-state index in [0.29, 0.717) is 0 Å². The molecule has 20 heavy (non-hydrogen) atoms. The fourth-order valence-corrected chi connectivity index (χ4v) is 2.79. The first-order valence-corrected chi connectivity index (χ1v) is 7.21. The molecule has 0 aliphatic carbocycles. The van der Waals surface area contributed by atoms with Crippen molar-refractivity contribution >= 4 is 29.9 Å². The second-order valence-electron chi connectivity index (χ2n) is 5.46. The zero-order valence-corrected chi connectivity index (χ0v) is 15.1. The lowest BCUT2D eigenvalue weighted by Crippen LogP contribution is -2.39. The minimum absolute atomic E-state index is 0. The summed E-state index contributed by atoms with van der Waals surface area (Å²) < 4.78 is 0. The molecule has 1 aromatic carbocycles. The maximum absolute atomic E-state index is 4.62. The molecule has 1 heterocycles. The summed E-state index contributed by atoms with van der Waals surface area (Å²) in [6.45, 7) is 5.22. The van der Waals surface area contributed by atoms with E-state index in [9.17, 15) is 0 Å². The van der Waals surface area contributed by atoms with Crippen LogP contribution in [-0.4, -0.2) is 49.5 Å². The third kappa shape index (κ3) is 4.65. The van der Waals surface area contributed by atoms with Crippen molar-refractivity contribution in [2.24, 2.45) is 10.9 Å².